The van der Waals surface area contributed by atoms with Crippen LogP contribution in [-0.2, 0) is 28.6 Å². The molecule has 176 valence electrons. The van der Waals surface area contributed by atoms with Gasteiger partial charge in [-0.1, -0.05) is 0 Å². The summed E-state index contributed by atoms with van der Waals surface area (Å²) in [6.45, 7) is 0.519. The summed E-state index contributed by atoms with van der Waals surface area (Å²) in [5.41, 5.74) is -0.972. The molecule has 1 aliphatic heterocycles. The van der Waals surface area contributed by atoms with Crippen molar-refractivity contribution in [3.8, 4) is 0 Å². The molecule has 1 saturated heterocycles. The molecule has 7 fully saturated rings. The molecule has 6 saturated carbocycles. The molecule has 7 rings (SSSR count). The number of halogens is 2. The molecule has 6 bridgehead atoms. The molecule has 8 heteroatoms. The molecule has 7 aliphatic rings. The number of hydrogen-bond donors (Lipinski definition) is 0. The SMILES string of the molecule is CC(F)(F)C(=O)OCC12CC3CC(C1)CC(OC(=O)CC1C4CC5C(=O)OC1C5C4)(C3)C2. The minimum absolute atomic E-state index is 0.0264. The van der Waals surface area contributed by atoms with E-state index in [0.29, 0.717) is 31.1 Å². The molecule has 0 N–H and O–H groups in total. The summed E-state index contributed by atoms with van der Waals surface area (Å²) < 4.78 is 43.4. The van der Waals surface area contributed by atoms with Crippen molar-refractivity contribution in [3.63, 3.8) is 0 Å². The zero-order valence-corrected chi connectivity index (χ0v) is 18.3. The van der Waals surface area contributed by atoms with Gasteiger partial charge in [0.2, 0.25) is 0 Å². The number of hydrogen-bond acceptors (Lipinski definition) is 6. The molecule has 6 nitrogen and oxygen atoms in total. The Labute approximate surface area is 185 Å². The summed E-state index contributed by atoms with van der Waals surface area (Å²) >= 11 is 0. The summed E-state index contributed by atoms with van der Waals surface area (Å²) in [7, 11) is 0. The molecular weight excluding hydrogens is 422 g/mol. The van der Waals surface area contributed by atoms with Gasteiger partial charge in [-0.2, -0.15) is 8.78 Å². The van der Waals surface area contributed by atoms with Crippen LogP contribution in [0, 0.1) is 40.9 Å². The maximum atomic E-state index is 13.3. The van der Waals surface area contributed by atoms with Crippen molar-refractivity contribution in [2.45, 2.75) is 82.3 Å². The van der Waals surface area contributed by atoms with Crippen molar-refractivity contribution >= 4 is 17.9 Å². The Morgan fingerprint density at radius 1 is 1.12 bits per heavy atom. The summed E-state index contributed by atoms with van der Waals surface area (Å²) in [4.78, 5) is 36.7. The van der Waals surface area contributed by atoms with Crippen molar-refractivity contribution in [2.75, 3.05) is 6.61 Å². The van der Waals surface area contributed by atoms with Crippen LogP contribution in [0.4, 0.5) is 8.78 Å². The van der Waals surface area contributed by atoms with Crippen LogP contribution in [0.5, 0.6) is 0 Å². The smallest absolute Gasteiger partial charge is 0.376 e. The zero-order valence-electron chi connectivity index (χ0n) is 18.3. The number of carbonyl (C=O) groups excluding carboxylic acids is 3. The van der Waals surface area contributed by atoms with Crippen LogP contribution in [0.2, 0.25) is 0 Å². The monoisotopic (exact) mass is 452 g/mol. The van der Waals surface area contributed by atoms with Crippen molar-refractivity contribution in [3.05, 3.63) is 0 Å². The van der Waals surface area contributed by atoms with Gasteiger partial charge in [-0.25, -0.2) is 4.79 Å². The number of ether oxygens (including phenoxy) is 3. The molecule has 0 aromatic carbocycles. The maximum absolute atomic E-state index is 13.3. The van der Waals surface area contributed by atoms with E-state index < -0.39 is 17.5 Å². The van der Waals surface area contributed by atoms with Crippen molar-refractivity contribution in [2.24, 2.45) is 40.9 Å². The van der Waals surface area contributed by atoms with Gasteiger partial charge in [-0.15, -0.1) is 0 Å². The third kappa shape index (κ3) is 3.18. The van der Waals surface area contributed by atoms with Gasteiger partial charge >= 0.3 is 23.8 Å². The number of fused-ring (bicyclic) bond motifs is 1. The van der Waals surface area contributed by atoms with Crippen LogP contribution in [0.25, 0.3) is 0 Å². The van der Waals surface area contributed by atoms with Gasteiger partial charge in [0, 0.05) is 24.2 Å². The summed E-state index contributed by atoms with van der Waals surface area (Å²) in [6, 6.07) is 0. The van der Waals surface area contributed by atoms with Gasteiger partial charge in [0.25, 0.3) is 0 Å². The van der Waals surface area contributed by atoms with Gasteiger partial charge in [-0.3, -0.25) is 9.59 Å². The predicted molar refractivity (Wildman–Crippen MR) is 105 cm³/mol. The van der Waals surface area contributed by atoms with Crippen LogP contribution >= 0.6 is 0 Å². The molecule has 7 unspecified atom stereocenters. The van der Waals surface area contributed by atoms with Crippen LogP contribution in [0.3, 0.4) is 0 Å². The molecule has 7 atom stereocenters. The molecule has 1 heterocycles. The van der Waals surface area contributed by atoms with Crippen LogP contribution < -0.4 is 0 Å². The minimum Gasteiger partial charge on any atom is -0.462 e. The van der Waals surface area contributed by atoms with E-state index in [9.17, 15) is 23.2 Å². The van der Waals surface area contributed by atoms with Crippen LogP contribution in [0.1, 0.15) is 64.7 Å². The quantitative estimate of drug-likeness (QED) is 0.452. The average molecular weight is 452 g/mol. The van der Waals surface area contributed by atoms with Crippen molar-refractivity contribution in [1.29, 1.82) is 0 Å². The number of esters is 3. The number of carbonyl (C=O) groups is 3. The first kappa shape index (κ1) is 20.8. The standard InChI is InChI=1S/C24H30F2O6/c1-22(25,26)21(29)30-11-23-6-12-2-13(7-23)9-24(8-12,10-23)32-18(27)5-15-14-3-16-17(4-14)20(28)31-19(15)16/h12-17,19H,2-11H2,1H3. The lowest BCUT2D eigenvalue weighted by molar-refractivity contribution is -0.215. The zero-order chi connectivity index (χ0) is 22.5. The van der Waals surface area contributed by atoms with E-state index in [0.717, 1.165) is 44.9 Å². The van der Waals surface area contributed by atoms with E-state index in [1.165, 1.54) is 0 Å². The number of rotatable bonds is 6. The molecule has 0 aromatic heterocycles. The predicted octanol–water partition coefficient (Wildman–Crippen LogP) is 3.65. The van der Waals surface area contributed by atoms with Gasteiger partial charge < -0.3 is 14.2 Å². The number of alkyl halides is 2. The largest absolute Gasteiger partial charge is 0.462 e. The lowest BCUT2D eigenvalue weighted by atomic mass is 9.48. The average Bonchev–Trinajstić information content (AvgIpc) is 3.29. The van der Waals surface area contributed by atoms with E-state index in [2.05, 4.69) is 0 Å². The highest BCUT2D eigenvalue weighted by atomic mass is 19.3. The third-order valence-corrected chi connectivity index (χ3v) is 9.38. The first-order chi connectivity index (χ1) is 15.0. The molecule has 0 radical (unpaired) electrons. The van der Waals surface area contributed by atoms with E-state index in [4.69, 9.17) is 14.2 Å². The highest BCUT2D eigenvalue weighted by Gasteiger charge is 2.63. The van der Waals surface area contributed by atoms with E-state index >= 15 is 0 Å². The second-order valence-electron chi connectivity index (χ2n) is 11.9. The molecule has 32 heavy (non-hydrogen) atoms. The van der Waals surface area contributed by atoms with Crippen LogP contribution in [-0.4, -0.2) is 42.1 Å². The first-order valence-corrected chi connectivity index (χ1v) is 12.0. The topological polar surface area (TPSA) is 78.9 Å². The fraction of sp³-hybridized carbons (Fsp3) is 0.875. The maximum Gasteiger partial charge on any atom is 0.376 e. The highest BCUT2D eigenvalue weighted by Crippen LogP contribution is 2.63. The van der Waals surface area contributed by atoms with Crippen molar-refractivity contribution in [1.82, 2.24) is 0 Å². The Morgan fingerprint density at radius 2 is 1.84 bits per heavy atom. The van der Waals surface area contributed by atoms with E-state index in [1.54, 1.807) is 0 Å². The molecule has 0 spiro atoms. The lowest BCUT2D eigenvalue weighted by Crippen LogP contribution is -2.59. The molecule has 0 amide bonds. The van der Waals surface area contributed by atoms with Gasteiger partial charge in [0.1, 0.15) is 11.7 Å². The first-order valence-electron chi connectivity index (χ1n) is 12.0. The molecule has 6 aliphatic carbocycles. The minimum atomic E-state index is -3.50. The Balaban J connectivity index is 1.13. The summed E-state index contributed by atoms with van der Waals surface area (Å²) in [6.07, 6.45) is 6.80. The third-order valence-electron chi connectivity index (χ3n) is 9.38. The summed E-state index contributed by atoms with van der Waals surface area (Å²) in [5, 5.41) is 0. The molecule has 0 aromatic rings. The Morgan fingerprint density at radius 3 is 2.53 bits per heavy atom. The van der Waals surface area contributed by atoms with Gasteiger partial charge in [-0.05, 0) is 69.1 Å². The highest BCUT2D eigenvalue weighted by molar-refractivity contribution is 5.78. The summed E-state index contributed by atoms with van der Waals surface area (Å²) in [5.74, 6) is -3.91. The molecular formula is C24H30F2O6. The van der Waals surface area contributed by atoms with Crippen molar-refractivity contribution < 1.29 is 37.4 Å². The van der Waals surface area contributed by atoms with Gasteiger partial charge in [0.15, 0.2) is 0 Å². The van der Waals surface area contributed by atoms with Gasteiger partial charge in [0.05, 0.1) is 18.9 Å². The van der Waals surface area contributed by atoms with E-state index in [1.807, 2.05) is 0 Å². The Bertz CT molecular complexity index is 851. The van der Waals surface area contributed by atoms with E-state index in [-0.39, 0.29) is 54.2 Å². The Kier molecular flexibility index (Phi) is 4.34. The fourth-order valence-electron chi connectivity index (χ4n) is 8.83. The second-order valence-corrected chi connectivity index (χ2v) is 11.9. The Hall–Kier alpha value is -1.73. The lowest BCUT2D eigenvalue weighted by Gasteiger charge is -2.60. The normalized spacial score (nSPS) is 47.6. The second kappa shape index (κ2) is 6.66. The fourth-order valence-corrected chi connectivity index (χ4v) is 8.83. The van der Waals surface area contributed by atoms with Crippen LogP contribution in [0.15, 0.2) is 0 Å².